The number of aryl methyl sites for hydroxylation is 1. The molecule has 0 aliphatic heterocycles. The summed E-state index contributed by atoms with van der Waals surface area (Å²) in [6, 6.07) is 56.0. The number of aliphatic imine (C=N–C) groups is 1. The molecule has 0 spiro atoms. The first-order valence-electron chi connectivity index (χ1n) is 19.1. The number of allylic oxidation sites excluding steroid dienone is 8. The lowest BCUT2D eigenvalue weighted by atomic mass is 9.96. The number of para-hydroxylation sites is 3. The van der Waals surface area contributed by atoms with Crippen LogP contribution in [0.15, 0.2) is 216 Å². The van der Waals surface area contributed by atoms with Crippen molar-refractivity contribution in [2.75, 3.05) is 0 Å². The van der Waals surface area contributed by atoms with Crippen LogP contribution in [0.3, 0.4) is 0 Å². The van der Waals surface area contributed by atoms with E-state index in [1.54, 1.807) is 6.20 Å². The predicted octanol–water partition coefficient (Wildman–Crippen LogP) is 14.7. The van der Waals surface area contributed by atoms with Gasteiger partial charge in [-0.25, -0.2) is 0 Å². The number of furan rings is 1. The molecule has 3 nitrogen and oxygen atoms in total. The van der Waals surface area contributed by atoms with Crippen LogP contribution in [0.2, 0.25) is 0 Å². The molecule has 0 amide bonds. The van der Waals surface area contributed by atoms with Crippen molar-refractivity contribution in [1.82, 2.24) is 4.57 Å². The zero-order valence-corrected chi connectivity index (χ0v) is 31.8. The highest BCUT2D eigenvalue weighted by atomic mass is 16.3. The molecule has 9 rings (SSSR count). The SMILES string of the molecule is C=N\C=C/C(=C\C=C\C=C\C(=C)c1ccc(-c2cccc(-c3ccc4c(c3)c3ccccc3n4-c3ccccc3C)c2)cc1)c1ccc2oc3ccccc3c2c1. The lowest BCUT2D eigenvalue weighted by Gasteiger charge is -2.11. The van der Waals surface area contributed by atoms with E-state index >= 15 is 0 Å². The number of nitrogens with zero attached hydrogens (tertiary/aromatic N) is 2. The molecule has 3 heteroatoms. The van der Waals surface area contributed by atoms with Crippen LogP contribution >= 0.6 is 0 Å². The molecule has 0 saturated carbocycles. The molecule has 272 valence electrons. The van der Waals surface area contributed by atoms with E-state index in [4.69, 9.17) is 4.42 Å². The Morgan fingerprint density at radius 2 is 1.23 bits per heavy atom. The molecule has 0 bridgehead atoms. The van der Waals surface area contributed by atoms with Gasteiger partial charge in [-0.1, -0.05) is 146 Å². The van der Waals surface area contributed by atoms with Crippen LogP contribution in [0, 0.1) is 6.92 Å². The molecule has 0 saturated heterocycles. The Morgan fingerprint density at radius 3 is 2.07 bits per heavy atom. The largest absolute Gasteiger partial charge is 0.456 e. The number of rotatable bonds is 10. The van der Waals surface area contributed by atoms with Crippen molar-refractivity contribution in [3.8, 4) is 27.9 Å². The van der Waals surface area contributed by atoms with Crippen LogP contribution in [0.5, 0.6) is 0 Å². The summed E-state index contributed by atoms with van der Waals surface area (Å²) < 4.78 is 8.42. The third-order valence-corrected chi connectivity index (χ3v) is 10.7. The van der Waals surface area contributed by atoms with E-state index in [0.29, 0.717) is 0 Å². The van der Waals surface area contributed by atoms with E-state index in [0.717, 1.165) is 49.8 Å². The molecule has 0 aliphatic rings. The van der Waals surface area contributed by atoms with E-state index in [1.807, 2.05) is 54.6 Å². The molecule has 2 heterocycles. The van der Waals surface area contributed by atoms with Gasteiger partial charge in [0, 0.05) is 33.4 Å². The Morgan fingerprint density at radius 1 is 0.544 bits per heavy atom. The number of fused-ring (bicyclic) bond motifs is 6. The number of hydrogen-bond acceptors (Lipinski definition) is 2. The molecular formula is C54H40N2O. The Bertz CT molecular complexity index is 3110. The summed E-state index contributed by atoms with van der Waals surface area (Å²) in [4.78, 5) is 3.94. The first-order chi connectivity index (χ1) is 28.1. The number of benzene rings is 7. The molecule has 9 aromatic rings. The number of hydrogen-bond donors (Lipinski definition) is 0. The van der Waals surface area contributed by atoms with Gasteiger partial charge in [-0.15, -0.1) is 0 Å². The fourth-order valence-electron chi connectivity index (χ4n) is 7.76. The Hall–Kier alpha value is -7.49. The van der Waals surface area contributed by atoms with Gasteiger partial charge in [0.05, 0.1) is 11.0 Å². The van der Waals surface area contributed by atoms with Gasteiger partial charge >= 0.3 is 0 Å². The third-order valence-electron chi connectivity index (χ3n) is 10.7. The van der Waals surface area contributed by atoms with E-state index in [9.17, 15) is 0 Å². The minimum Gasteiger partial charge on any atom is -0.456 e. The summed E-state index contributed by atoms with van der Waals surface area (Å²) in [5.74, 6) is 0. The predicted molar refractivity (Wildman–Crippen MR) is 244 cm³/mol. The van der Waals surface area contributed by atoms with Crippen molar-refractivity contribution in [2.45, 2.75) is 6.92 Å². The number of aromatic nitrogens is 1. The molecular weight excluding hydrogens is 693 g/mol. The van der Waals surface area contributed by atoms with Gasteiger partial charge in [-0.3, -0.25) is 4.99 Å². The smallest absolute Gasteiger partial charge is 0.135 e. The standard InChI is InChI=1S/C54H40N2O/c1-37(14-5-4-6-16-40(32-33-55-3)44-29-31-54-49(36-44)47-20-9-12-23-53(47)57-54)39-24-26-41(27-25-39)42-17-13-18-43(34-42)45-28-30-52-48(35-45)46-19-8-11-22-51(46)56(52)50-21-10-7-15-38(50)2/h4-36H,1,3H2,2H3/b6-4+,14-5+,33-32-,40-16+. The van der Waals surface area contributed by atoms with Gasteiger partial charge in [0.15, 0.2) is 0 Å². The van der Waals surface area contributed by atoms with Crippen LogP contribution < -0.4 is 0 Å². The second kappa shape index (κ2) is 15.3. The highest BCUT2D eigenvalue weighted by Crippen LogP contribution is 2.37. The van der Waals surface area contributed by atoms with Crippen molar-refractivity contribution in [3.63, 3.8) is 0 Å². The average Bonchev–Trinajstić information content (AvgIpc) is 3.80. The molecule has 0 unspecified atom stereocenters. The molecule has 0 fully saturated rings. The van der Waals surface area contributed by atoms with E-state index in [1.165, 1.54) is 49.7 Å². The van der Waals surface area contributed by atoms with Crippen LogP contribution in [0.4, 0.5) is 0 Å². The van der Waals surface area contributed by atoms with Crippen LogP contribution in [-0.2, 0) is 0 Å². The van der Waals surface area contributed by atoms with Crippen LogP contribution in [0.1, 0.15) is 16.7 Å². The van der Waals surface area contributed by atoms with Gasteiger partial charge in [0.1, 0.15) is 11.2 Å². The average molecular weight is 733 g/mol. The van der Waals surface area contributed by atoms with Crippen molar-refractivity contribution < 1.29 is 4.42 Å². The summed E-state index contributed by atoms with van der Waals surface area (Å²) in [6.07, 6.45) is 13.8. The zero-order chi connectivity index (χ0) is 38.7. The fraction of sp³-hybridized carbons (Fsp3) is 0.0185. The molecule has 0 radical (unpaired) electrons. The van der Waals surface area contributed by atoms with Crippen molar-refractivity contribution >= 4 is 61.6 Å². The maximum absolute atomic E-state index is 6.03. The van der Waals surface area contributed by atoms with Crippen molar-refractivity contribution in [2.24, 2.45) is 4.99 Å². The maximum atomic E-state index is 6.03. The minimum absolute atomic E-state index is 0.872. The Balaban J connectivity index is 0.923. The molecule has 0 aliphatic carbocycles. The molecule has 57 heavy (non-hydrogen) atoms. The second-order valence-corrected chi connectivity index (χ2v) is 14.2. The summed E-state index contributed by atoms with van der Waals surface area (Å²) in [5.41, 5.74) is 15.5. The van der Waals surface area contributed by atoms with Crippen molar-refractivity contribution in [3.05, 3.63) is 224 Å². The third kappa shape index (κ3) is 6.88. The quantitative estimate of drug-likeness (QED) is 0.102. The summed E-state index contributed by atoms with van der Waals surface area (Å²) in [6.45, 7) is 10.1. The van der Waals surface area contributed by atoms with Crippen molar-refractivity contribution in [1.29, 1.82) is 0 Å². The fourth-order valence-corrected chi connectivity index (χ4v) is 7.76. The van der Waals surface area contributed by atoms with Crippen LogP contribution in [-0.4, -0.2) is 11.3 Å². The van der Waals surface area contributed by atoms with Crippen LogP contribution in [0.25, 0.3) is 82.8 Å². The summed E-state index contributed by atoms with van der Waals surface area (Å²) in [7, 11) is 0. The lowest BCUT2D eigenvalue weighted by Crippen LogP contribution is -1.96. The Labute approximate surface area is 332 Å². The molecule has 2 aromatic heterocycles. The topological polar surface area (TPSA) is 30.4 Å². The van der Waals surface area contributed by atoms with Gasteiger partial charge in [0.25, 0.3) is 0 Å². The Kier molecular flexibility index (Phi) is 9.47. The normalized spacial score (nSPS) is 12.3. The maximum Gasteiger partial charge on any atom is 0.135 e. The monoisotopic (exact) mass is 732 g/mol. The van der Waals surface area contributed by atoms with E-state index < -0.39 is 0 Å². The van der Waals surface area contributed by atoms with Gasteiger partial charge in [-0.05, 0) is 118 Å². The second-order valence-electron chi connectivity index (χ2n) is 14.2. The first-order valence-corrected chi connectivity index (χ1v) is 19.1. The molecule has 0 atom stereocenters. The van der Waals surface area contributed by atoms with Gasteiger partial charge < -0.3 is 8.98 Å². The van der Waals surface area contributed by atoms with E-state index in [2.05, 4.69) is 169 Å². The van der Waals surface area contributed by atoms with Gasteiger partial charge in [0.2, 0.25) is 0 Å². The highest BCUT2D eigenvalue weighted by Gasteiger charge is 2.15. The summed E-state index contributed by atoms with van der Waals surface area (Å²) in [5, 5.41) is 4.70. The lowest BCUT2D eigenvalue weighted by molar-refractivity contribution is 0.669. The minimum atomic E-state index is 0.872. The molecule has 7 aromatic carbocycles. The van der Waals surface area contributed by atoms with E-state index in [-0.39, 0.29) is 0 Å². The first kappa shape index (κ1) is 35.2. The van der Waals surface area contributed by atoms with Gasteiger partial charge in [-0.2, -0.15) is 0 Å². The highest BCUT2D eigenvalue weighted by molar-refractivity contribution is 6.10. The molecule has 0 N–H and O–H groups in total. The zero-order valence-electron chi connectivity index (χ0n) is 31.8. The summed E-state index contributed by atoms with van der Waals surface area (Å²) >= 11 is 0.